The van der Waals surface area contributed by atoms with Crippen molar-refractivity contribution in [1.82, 2.24) is 5.32 Å². The summed E-state index contributed by atoms with van der Waals surface area (Å²) in [5.41, 5.74) is 6.06. The number of primary amides is 1. The highest BCUT2D eigenvalue weighted by Gasteiger charge is 2.18. The average Bonchev–Trinajstić information content (AvgIpc) is 2.28. The molecular formula is C11H11N3O3. The van der Waals surface area contributed by atoms with Gasteiger partial charge in [-0.05, 0) is 17.7 Å². The number of carboxylic acid groups (broad SMARTS) is 1. The minimum absolute atomic E-state index is 0.115. The van der Waals surface area contributed by atoms with E-state index in [0.717, 1.165) is 0 Å². The van der Waals surface area contributed by atoms with Gasteiger partial charge in [-0.15, -0.1) is 0 Å². The molecule has 4 N–H and O–H groups in total. The van der Waals surface area contributed by atoms with Crippen molar-refractivity contribution in [3.05, 3.63) is 35.4 Å². The van der Waals surface area contributed by atoms with Crippen LogP contribution in [0, 0.1) is 11.3 Å². The van der Waals surface area contributed by atoms with Gasteiger partial charge in [-0.1, -0.05) is 12.1 Å². The van der Waals surface area contributed by atoms with E-state index in [1.165, 1.54) is 0 Å². The third kappa shape index (κ3) is 3.83. The summed E-state index contributed by atoms with van der Waals surface area (Å²) in [6.45, 7) is 0. The van der Waals surface area contributed by atoms with Gasteiger partial charge < -0.3 is 16.2 Å². The lowest BCUT2D eigenvalue weighted by molar-refractivity contribution is -0.139. The summed E-state index contributed by atoms with van der Waals surface area (Å²) in [5.74, 6) is -1.16. The SMILES string of the molecule is N#Cc1ccc(C[C@H](NC(N)=O)C(=O)O)cc1. The molecule has 1 aromatic rings. The number of benzene rings is 1. The zero-order valence-corrected chi connectivity index (χ0v) is 8.88. The molecule has 6 heteroatoms. The summed E-state index contributed by atoms with van der Waals surface area (Å²) in [5, 5.41) is 19.6. The molecule has 88 valence electrons. The van der Waals surface area contributed by atoms with Crippen LogP contribution < -0.4 is 11.1 Å². The van der Waals surface area contributed by atoms with Gasteiger partial charge in [0.1, 0.15) is 6.04 Å². The Hall–Kier alpha value is -2.55. The van der Waals surface area contributed by atoms with Crippen molar-refractivity contribution in [3.63, 3.8) is 0 Å². The zero-order valence-electron chi connectivity index (χ0n) is 8.88. The molecule has 0 unspecified atom stereocenters. The van der Waals surface area contributed by atoms with Crippen LogP contribution in [0.25, 0.3) is 0 Å². The van der Waals surface area contributed by atoms with Crippen molar-refractivity contribution < 1.29 is 14.7 Å². The van der Waals surface area contributed by atoms with Crippen LogP contribution in [-0.4, -0.2) is 23.1 Å². The second kappa shape index (κ2) is 5.51. The van der Waals surface area contributed by atoms with Crippen LogP contribution in [0.1, 0.15) is 11.1 Å². The fourth-order valence-electron chi connectivity index (χ4n) is 1.32. The van der Waals surface area contributed by atoms with E-state index in [1.807, 2.05) is 6.07 Å². The molecule has 0 aliphatic carbocycles. The van der Waals surface area contributed by atoms with Crippen molar-refractivity contribution >= 4 is 12.0 Å². The highest BCUT2D eigenvalue weighted by Crippen LogP contribution is 2.06. The van der Waals surface area contributed by atoms with E-state index in [4.69, 9.17) is 16.1 Å². The Morgan fingerprint density at radius 3 is 2.41 bits per heavy atom. The summed E-state index contributed by atoms with van der Waals surface area (Å²) < 4.78 is 0. The number of hydrogen-bond acceptors (Lipinski definition) is 3. The molecule has 0 bridgehead atoms. The first kappa shape index (κ1) is 12.5. The molecule has 1 aromatic carbocycles. The number of nitrogens with one attached hydrogen (secondary N) is 1. The maximum atomic E-state index is 10.8. The maximum Gasteiger partial charge on any atom is 0.326 e. The number of aliphatic carboxylic acids is 1. The van der Waals surface area contributed by atoms with Gasteiger partial charge in [-0.25, -0.2) is 9.59 Å². The largest absolute Gasteiger partial charge is 0.480 e. The van der Waals surface area contributed by atoms with Gasteiger partial charge in [0.2, 0.25) is 0 Å². The monoisotopic (exact) mass is 233 g/mol. The van der Waals surface area contributed by atoms with Gasteiger partial charge in [0.25, 0.3) is 0 Å². The number of carbonyl (C=O) groups is 2. The average molecular weight is 233 g/mol. The van der Waals surface area contributed by atoms with E-state index in [-0.39, 0.29) is 6.42 Å². The molecule has 0 saturated heterocycles. The quantitative estimate of drug-likeness (QED) is 0.689. The van der Waals surface area contributed by atoms with E-state index in [2.05, 4.69) is 5.32 Å². The number of amides is 2. The second-order valence-corrected chi connectivity index (χ2v) is 3.41. The third-order valence-electron chi connectivity index (χ3n) is 2.14. The molecule has 2 amide bonds. The molecule has 0 heterocycles. The normalized spacial score (nSPS) is 11.2. The van der Waals surface area contributed by atoms with Crippen LogP contribution in [-0.2, 0) is 11.2 Å². The van der Waals surface area contributed by atoms with Gasteiger partial charge in [0.05, 0.1) is 11.6 Å². The zero-order chi connectivity index (χ0) is 12.8. The maximum absolute atomic E-state index is 10.8. The fraction of sp³-hybridized carbons (Fsp3) is 0.182. The van der Waals surface area contributed by atoms with E-state index in [0.29, 0.717) is 11.1 Å². The van der Waals surface area contributed by atoms with Crippen LogP contribution in [0.5, 0.6) is 0 Å². The summed E-state index contributed by atoms with van der Waals surface area (Å²) in [6, 6.07) is 6.44. The summed E-state index contributed by atoms with van der Waals surface area (Å²) >= 11 is 0. The molecule has 0 aliphatic heterocycles. The van der Waals surface area contributed by atoms with Crippen LogP contribution in [0.4, 0.5) is 4.79 Å². The number of carbonyl (C=O) groups excluding carboxylic acids is 1. The lowest BCUT2D eigenvalue weighted by Crippen LogP contribution is -2.44. The van der Waals surface area contributed by atoms with Crippen molar-refractivity contribution in [2.75, 3.05) is 0 Å². The number of carboxylic acids is 1. The Bertz CT molecular complexity index is 462. The van der Waals surface area contributed by atoms with Crippen LogP contribution >= 0.6 is 0 Å². The Balaban J connectivity index is 2.75. The molecule has 0 spiro atoms. The predicted molar refractivity (Wildman–Crippen MR) is 59.0 cm³/mol. The van der Waals surface area contributed by atoms with Crippen molar-refractivity contribution in [3.8, 4) is 6.07 Å². The van der Waals surface area contributed by atoms with Crippen molar-refractivity contribution in [2.24, 2.45) is 5.73 Å². The molecule has 17 heavy (non-hydrogen) atoms. The van der Waals surface area contributed by atoms with Crippen LogP contribution in [0.2, 0.25) is 0 Å². The second-order valence-electron chi connectivity index (χ2n) is 3.41. The first-order valence-electron chi connectivity index (χ1n) is 4.80. The van der Waals surface area contributed by atoms with Gasteiger partial charge in [-0.2, -0.15) is 5.26 Å². The minimum Gasteiger partial charge on any atom is -0.480 e. The molecular weight excluding hydrogens is 222 g/mol. The highest BCUT2D eigenvalue weighted by atomic mass is 16.4. The molecule has 0 radical (unpaired) electrons. The van der Waals surface area contributed by atoms with E-state index < -0.39 is 18.0 Å². The first-order chi connectivity index (χ1) is 8.02. The highest BCUT2D eigenvalue weighted by molar-refractivity contribution is 5.81. The van der Waals surface area contributed by atoms with E-state index in [1.54, 1.807) is 24.3 Å². The van der Waals surface area contributed by atoms with Crippen LogP contribution in [0.3, 0.4) is 0 Å². The van der Waals surface area contributed by atoms with Crippen molar-refractivity contribution in [2.45, 2.75) is 12.5 Å². The minimum atomic E-state index is -1.16. The Morgan fingerprint density at radius 1 is 1.41 bits per heavy atom. The number of nitriles is 1. The molecule has 0 aromatic heterocycles. The summed E-state index contributed by atoms with van der Waals surface area (Å²) in [6.07, 6.45) is 0.115. The number of nitrogens with zero attached hydrogens (tertiary/aromatic N) is 1. The molecule has 0 aliphatic rings. The Kier molecular flexibility index (Phi) is 4.06. The first-order valence-corrected chi connectivity index (χ1v) is 4.80. The van der Waals surface area contributed by atoms with Gasteiger partial charge in [-0.3, -0.25) is 0 Å². The number of hydrogen-bond donors (Lipinski definition) is 3. The standard InChI is InChI=1S/C11H11N3O3/c12-6-8-3-1-7(2-4-8)5-9(10(15)16)14-11(13)17/h1-4,9H,5H2,(H,15,16)(H3,13,14,17)/t9-/m0/s1. The third-order valence-corrected chi connectivity index (χ3v) is 2.14. The predicted octanol–water partition coefficient (Wildman–Crippen LogP) is 0.222. The van der Waals surface area contributed by atoms with Gasteiger partial charge in [0, 0.05) is 6.42 Å². The smallest absolute Gasteiger partial charge is 0.326 e. The number of rotatable bonds is 4. The Morgan fingerprint density at radius 2 is 2.00 bits per heavy atom. The summed E-state index contributed by atoms with van der Waals surface area (Å²) in [7, 11) is 0. The molecule has 0 saturated carbocycles. The van der Waals surface area contributed by atoms with Crippen molar-refractivity contribution in [1.29, 1.82) is 5.26 Å². The van der Waals surface area contributed by atoms with Gasteiger partial charge in [0.15, 0.2) is 0 Å². The lowest BCUT2D eigenvalue weighted by Gasteiger charge is -2.12. The fourth-order valence-corrected chi connectivity index (χ4v) is 1.32. The molecule has 1 rings (SSSR count). The van der Waals surface area contributed by atoms with E-state index in [9.17, 15) is 9.59 Å². The van der Waals surface area contributed by atoms with Crippen LogP contribution in [0.15, 0.2) is 24.3 Å². The van der Waals surface area contributed by atoms with Gasteiger partial charge >= 0.3 is 12.0 Å². The molecule has 1 atom stereocenters. The number of nitrogens with two attached hydrogens (primary N) is 1. The molecule has 6 nitrogen and oxygen atoms in total. The Labute approximate surface area is 97.7 Å². The summed E-state index contributed by atoms with van der Waals surface area (Å²) in [4.78, 5) is 21.4. The van der Waals surface area contributed by atoms with E-state index >= 15 is 0 Å². The topological polar surface area (TPSA) is 116 Å². The molecule has 0 fully saturated rings. The number of urea groups is 1. The lowest BCUT2D eigenvalue weighted by atomic mass is 10.0.